The van der Waals surface area contributed by atoms with Gasteiger partial charge < -0.3 is 34.7 Å². The van der Waals surface area contributed by atoms with E-state index in [1.54, 1.807) is 4.90 Å². The zero-order valence-corrected chi connectivity index (χ0v) is 20.7. The van der Waals surface area contributed by atoms with Crippen molar-refractivity contribution in [1.82, 2.24) is 15.5 Å². The lowest BCUT2D eigenvalue weighted by molar-refractivity contribution is -0.199. The van der Waals surface area contributed by atoms with E-state index in [4.69, 9.17) is 14.0 Å². The molecule has 2 aliphatic heterocycles. The molecule has 190 valence electrons. The molecule has 34 heavy (non-hydrogen) atoms. The molecular formula is C23H38BN3O7. The molecule has 6 atom stereocenters. The summed E-state index contributed by atoms with van der Waals surface area (Å²) < 4.78 is 18.1. The minimum absolute atomic E-state index is 0.0126. The fraction of sp³-hybridized carbons (Fsp3) is 0.870. The first kappa shape index (κ1) is 25.3. The molecule has 0 spiro atoms. The standard InChI is InChI=1S/C23H38BN3O7/c1-5-6-18(24-33-17-12-14-11-16(22(14,2)3)23(17,4)34-24)26-20(29)15(25-21(30)31)13-19(28)27-7-9-32-10-8-27/h14-18,25H,5-13H2,1-4H3,(H,26,29)(H,30,31)/t14-,15?,16-,17+,18?,23-/m0/s1. The quantitative estimate of drug-likeness (QED) is 0.450. The predicted octanol–water partition coefficient (Wildman–Crippen LogP) is 1.42. The second-order valence-corrected chi connectivity index (χ2v) is 10.9. The van der Waals surface area contributed by atoms with Crippen LogP contribution in [0.15, 0.2) is 0 Å². The van der Waals surface area contributed by atoms with Crippen molar-refractivity contribution in [1.29, 1.82) is 0 Å². The molecule has 2 heterocycles. The second-order valence-electron chi connectivity index (χ2n) is 10.9. The number of carboxylic acid groups (broad SMARTS) is 1. The molecule has 5 fully saturated rings. The summed E-state index contributed by atoms with van der Waals surface area (Å²) >= 11 is 0. The first-order valence-electron chi connectivity index (χ1n) is 12.5. The van der Waals surface area contributed by atoms with Gasteiger partial charge in [-0.05, 0) is 43.4 Å². The maximum absolute atomic E-state index is 13.2. The predicted molar refractivity (Wildman–Crippen MR) is 124 cm³/mol. The molecule has 2 saturated heterocycles. The SMILES string of the molecule is CCCC(NC(=O)C(CC(=O)N1CCOCC1)NC(=O)O)B1O[C@@H]2C[C@@H]3C[C@@H](C3(C)C)[C@]2(C)O1. The van der Waals surface area contributed by atoms with Gasteiger partial charge in [-0.15, -0.1) is 0 Å². The van der Waals surface area contributed by atoms with Gasteiger partial charge in [-0.2, -0.15) is 0 Å². The van der Waals surface area contributed by atoms with Crippen LogP contribution in [0.4, 0.5) is 4.79 Å². The van der Waals surface area contributed by atoms with Crippen molar-refractivity contribution in [2.45, 2.75) is 83.5 Å². The third-order valence-electron chi connectivity index (χ3n) is 8.58. The number of rotatable bonds is 8. The average Bonchev–Trinajstić information content (AvgIpc) is 3.15. The molecule has 5 rings (SSSR count). The van der Waals surface area contributed by atoms with E-state index in [1.807, 2.05) is 6.92 Å². The summed E-state index contributed by atoms with van der Waals surface area (Å²) in [5.74, 6) is -0.235. The molecule has 3 N–H and O–H groups in total. The van der Waals surface area contributed by atoms with Crippen LogP contribution in [0.3, 0.4) is 0 Å². The number of hydrogen-bond acceptors (Lipinski definition) is 6. The first-order valence-corrected chi connectivity index (χ1v) is 12.5. The van der Waals surface area contributed by atoms with Crippen LogP contribution in [-0.4, -0.2) is 85.0 Å². The number of morpholine rings is 1. The normalized spacial score (nSPS) is 33.4. The van der Waals surface area contributed by atoms with Gasteiger partial charge in [0.1, 0.15) is 6.04 Å². The van der Waals surface area contributed by atoms with Gasteiger partial charge in [0.25, 0.3) is 0 Å². The van der Waals surface area contributed by atoms with E-state index in [-0.39, 0.29) is 23.8 Å². The Morgan fingerprint density at radius 2 is 1.85 bits per heavy atom. The van der Waals surface area contributed by atoms with Crippen LogP contribution in [0.2, 0.25) is 0 Å². The Morgan fingerprint density at radius 1 is 1.15 bits per heavy atom. The molecule has 3 amide bonds. The highest BCUT2D eigenvalue weighted by molar-refractivity contribution is 6.47. The molecule has 0 aromatic carbocycles. The lowest BCUT2D eigenvalue weighted by atomic mass is 9.43. The van der Waals surface area contributed by atoms with Crippen LogP contribution in [0, 0.1) is 17.3 Å². The van der Waals surface area contributed by atoms with E-state index in [9.17, 15) is 19.5 Å². The van der Waals surface area contributed by atoms with Crippen molar-refractivity contribution >= 4 is 25.0 Å². The Bertz CT molecular complexity index is 805. The number of hydrogen-bond donors (Lipinski definition) is 3. The van der Waals surface area contributed by atoms with E-state index >= 15 is 0 Å². The van der Waals surface area contributed by atoms with Crippen molar-refractivity contribution in [3.8, 4) is 0 Å². The minimum atomic E-state index is -1.35. The highest BCUT2D eigenvalue weighted by Crippen LogP contribution is 2.65. The second kappa shape index (κ2) is 9.66. The van der Waals surface area contributed by atoms with Crippen molar-refractivity contribution < 1.29 is 33.5 Å². The number of nitrogens with zero attached hydrogens (tertiary/aromatic N) is 1. The van der Waals surface area contributed by atoms with E-state index in [2.05, 4.69) is 31.4 Å². The molecule has 0 aromatic heterocycles. The summed E-state index contributed by atoms with van der Waals surface area (Å²) in [6, 6.07) is -1.20. The van der Waals surface area contributed by atoms with E-state index in [1.165, 1.54) is 0 Å². The molecule has 0 aromatic rings. The summed E-state index contributed by atoms with van der Waals surface area (Å²) in [6.45, 7) is 10.5. The van der Waals surface area contributed by atoms with Crippen LogP contribution in [0.1, 0.15) is 59.8 Å². The Morgan fingerprint density at radius 3 is 2.47 bits per heavy atom. The molecular weight excluding hydrogens is 441 g/mol. The minimum Gasteiger partial charge on any atom is -0.465 e. The van der Waals surface area contributed by atoms with E-state index in [0.717, 1.165) is 19.3 Å². The van der Waals surface area contributed by atoms with Crippen LogP contribution >= 0.6 is 0 Å². The maximum Gasteiger partial charge on any atom is 0.481 e. The number of nitrogens with one attached hydrogen (secondary N) is 2. The van der Waals surface area contributed by atoms with Gasteiger partial charge in [-0.3, -0.25) is 9.59 Å². The van der Waals surface area contributed by atoms with Gasteiger partial charge in [-0.1, -0.05) is 27.2 Å². The Balaban J connectivity index is 1.42. The van der Waals surface area contributed by atoms with Gasteiger partial charge in [0.15, 0.2) is 0 Å². The monoisotopic (exact) mass is 479 g/mol. The van der Waals surface area contributed by atoms with Gasteiger partial charge in [0.05, 0.1) is 37.3 Å². The lowest BCUT2D eigenvalue weighted by Gasteiger charge is -2.64. The molecule has 5 aliphatic rings. The lowest BCUT2D eigenvalue weighted by Crippen LogP contribution is -2.65. The van der Waals surface area contributed by atoms with E-state index in [0.29, 0.717) is 44.6 Å². The van der Waals surface area contributed by atoms with Gasteiger partial charge in [0.2, 0.25) is 11.8 Å². The highest BCUT2D eigenvalue weighted by Gasteiger charge is 2.68. The van der Waals surface area contributed by atoms with Crippen molar-refractivity contribution in [3.63, 3.8) is 0 Å². The van der Waals surface area contributed by atoms with Crippen LogP contribution in [0.5, 0.6) is 0 Å². The molecule has 2 bridgehead atoms. The number of carbonyl (C=O) groups is 3. The molecule has 0 radical (unpaired) electrons. The third kappa shape index (κ3) is 4.66. The van der Waals surface area contributed by atoms with Crippen LogP contribution < -0.4 is 10.6 Å². The summed E-state index contributed by atoms with van der Waals surface area (Å²) in [5, 5.41) is 14.4. The van der Waals surface area contributed by atoms with Crippen molar-refractivity contribution in [3.05, 3.63) is 0 Å². The third-order valence-corrected chi connectivity index (χ3v) is 8.58. The number of ether oxygens (including phenoxy) is 1. The van der Waals surface area contributed by atoms with Crippen molar-refractivity contribution in [2.75, 3.05) is 26.3 Å². The molecule has 11 heteroatoms. The largest absolute Gasteiger partial charge is 0.481 e. The van der Waals surface area contributed by atoms with Crippen LogP contribution in [0.25, 0.3) is 0 Å². The average molecular weight is 479 g/mol. The summed E-state index contributed by atoms with van der Waals surface area (Å²) in [5.41, 5.74) is -0.186. The number of amides is 3. The van der Waals surface area contributed by atoms with Gasteiger partial charge in [-0.25, -0.2) is 4.79 Å². The number of carbonyl (C=O) groups excluding carboxylic acids is 2. The maximum atomic E-state index is 13.2. The van der Waals surface area contributed by atoms with Gasteiger partial charge >= 0.3 is 13.2 Å². The summed E-state index contributed by atoms with van der Waals surface area (Å²) in [7, 11) is -0.602. The van der Waals surface area contributed by atoms with Gasteiger partial charge in [0, 0.05) is 13.1 Å². The van der Waals surface area contributed by atoms with E-state index < -0.39 is 36.7 Å². The zero-order valence-electron chi connectivity index (χ0n) is 20.7. The smallest absolute Gasteiger partial charge is 0.465 e. The fourth-order valence-electron chi connectivity index (χ4n) is 6.42. The fourth-order valence-corrected chi connectivity index (χ4v) is 6.42. The summed E-state index contributed by atoms with van der Waals surface area (Å²) in [6.07, 6.45) is 1.87. The zero-order chi connectivity index (χ0) is 24.7. The molecule has 3 aliphatic carbocycles. The molecule has 10 nitrogen and oxygen atoms in total. The first-order chi connectivity index (χ1) is 16.1. The van der Waals surface area contributed by atoms with Crippen LogP contribution in [-0.2, 0) is 23.6 Å². The highest BCUT2D eigenvalue weighted by atomic mass is 16.7. The molecule has 3 saturated carbocycles. The topological polar surface area (TPSA) is 126 Å². The Hall–Kier alpha value is -1.85. The summed E-state index contributed by atoms with van der Waals surface area (Å²) in [4.78, 5) is 38.8. The van der Waals surface area contributed by atoms with Crippen molar-refractivity contribution in [2.24, 2.45) is 17.3 Å². The Labute approximate surface area is 201 Å². The Kier molecular flexibility index (Phi) is 7.17. The molecule has 2 unspecified atom stereocenters.